The van der Waals surface area contributed by atoms with Gasteiger partial charge < -0.3 is 19.1 Å². The summed E-state index contributed by atoms with van der Waals surface area (Å²) in [7, 11) is 0. The lowest BCUT2D eigenvalue weighted by atomic mass is 9.95. The third kappa shape index (κ3) is 4.54. The third-order valence-corrected chi connectivity index (χ3v) is 5.15. The first-order valence-electron chi connectivity index (χ1n) is 9.18. The molecule has 0 saturated carbocycles. The van der Waals surface area contributed by atoms with Gasteiger partial charge in [0.05, 0.1) is 13.2 Å². The summed E-state index contributed by atoms with van der Waals surface area (Å²) in [5, 5.41) is 0. The quantitative estimate of drug-likeness (QED) is 0.757. The Hall–Kier alpha value is -2.36. The highest BCUT2D eigenvalue weighted by molar-refractivity contribution is 5.80. The summed E-state index contributed by atoms with van der Waals surface area (Å²) in [5.74, 6) is -0.540. The van der Waals surface area contributed by atoms with Crippen LogP contribution in [0.3, 0.4) is 0 Å². The summed E-state index contributed by atoms with van der Waals surface area (Å²) >= 11 is 0. The number of ether oxygens (including phenoxy) is 1. The van der Waals surface area contributed by atoms with Crippen LogP contribution in [-0.4, -0.2) is 65.6 Å². The molecule has 0 aromatic carbocycles. The average Bonchev–Trinajstić information content (AvgIpc) is 2.69. The van der Waals surface area contributed by atoms with Crippen LogP contribution in [0.2, 0.25) is 0 Å². The van der Waals surface area contributed by atoms with E-state index in [0.29, 0.717) is 58.3 Å². The predicted molar refractivity (Wildman–Crippen MR) is 92.4 cm³/mol. The third-order valence-electron chi connectivity index (χ3n) is 5.15. The van der Waals surface area contributed by atoms with Gasteiger partial charge in [0.25, 0.3) is 5.56 Å². The number of aromatic nitrogens is 1. The minimum Gasteiger partial charge on any atom is -0.378 e. The maximum atomic E-state index is 12.8. The molecule has 1 aromatic heterocycles. The van der Waals surface area contributed by atoms with Crippen molar-refractivity contribution >= 4 is 11.8 Å². The van der Waals surface area contributed by atoms with E-state index < -0.39 is 29.8 Å². The number of rotatable bonds is 3. The topological polar surface area (TPSA) is 71.9 Å². The van der Waals surface area contributed by atoms with Crippen molar-refractivity contribution in [3.05, 3.63) is 34.2 Å². The van der Waals surface area contributed by atoms with Crippen molar-refractivity contribution in [3.63, 3.8) is 0 Å². The van der Waals surface area contributed by atoms with E-state index in [0.717, 1.165) is 10.6 Å². The summed E-state index contributed by atoms with van der Waals surface area (Å²) in [5.41, 5.74) is -2.53. The van der Waals surface area contributed by atoms with Crippen LogP contribution in [0.4, 0.5) is 13.2 Å². The largest absolute Gasteiger partial charge is 0.421 e. The van der Waals surface area contributed by atoms with Gasteiger partial charge >= 0.3 is 6.18 Å². The number of carbonyl (C=O) groups is 2. The van der Waals surface area contributed by atoms with Gasteiger partial charge in [-0.15, -0.1) is 0 Å². The van der Waals surface area contributed by atoms with E-state index in [4.69, 9.17) is 4.74 Å². The summed E-state index contributed by atoms with van der Waals surface area (Å²) in [6.45, 7) is 2.40. The molecule has 28 heavy (non-hydrogen) atoms. The van der Waals surface area contributed by atoms with E-state index >= 15 is 0 Å². The van der Waals surface area contributed by atoms with Gasteiger partial charge in [-0.3, -0.25) is 14.4 Å². The molecule has 2 saturated heterocycles. The first kappa shape index (κ1) is 20.4. The Labute approximate surface area is 159 Å². The first-order chi connectivity index (χ1) is 13.3. The van der Waals surface area contributed by atoms with E-state index in [1.165, 1.54) is 11.1 Å². The van der Waals surface area contributed by atoms with Gasteiger partial charge in [-0.05, 0) is 25.0 Å². The molecule has 0 spiro atoms. The molecular weight excluding hydrogens is 379 g/mol. The maximum absolute atomic E-state index is 12.8. The molecule has 0 unspecified atom stereocenters. The Bertz CT molecular complexity index is 779. The Morgan fingerprint density at radius 2 is 1.71 bits per heavy atom. The van der Waals surface area contributed by atoms with Crippen LogP contribution < -0.4 is 5.56 Å². The number of likely N-dealkylation sites (tertiary alicyclic amines) is 1. The van der Waals surface area contributed by atoms with Crippen molar-refractivity contribution in [3.8, 4) is 0 Å². The molecule has 0 atom stereocenters. The molecule has 2 fully saturated rings. The van der Waals surface area contributed by atoms with Gasteiger partial charge in [0, 0.05) is 38.3 Å². The molecule has 0 N–H and O–H groups in total. The van der Waals surface area contributed by atoms with E-state index in [-0.39, 0.29) is 11.8 Å². The monoisotopic (exact) mass is 401 g/mol. The molecule has 2 aliphatic heterocycles. The Balaban J connectivity index is 1.57. The molecule has 154 valence electrons. The zero-order valence-corrected chi connectivity index (χ0v) is 15.3. The Morgan fingerprint density at radius 3 is 2.32 bits per heavy atom. The second-order valence-electron chi connectivity index (χ2n) is 6.95. The van der Waals surface area contributed by atoms with Crippen molar-refractivity contribution in [2.75, 3.05) is 39.4 Å². The van der Waals surface area contributed by atoms with Crippen LogP contribution in [0, 0.1) is 5.92 Å². The highest BCUT2D eigenvalue weighted by Gasteiger charge is 2.35. The number of hydrogen-bond donors (Lipinski definition) is 0. The van der Waals surface area contributed by atoms with Crippen LogP contribution in [-0.2, 0) is 27.0 Å². The number of alkyl halides is 3. The van der Waals surface area contributed by atoms with Gasteiger partial charge in [0.2, 0.25) is 11.8 Å². The number of nitrogens with zero attached hydrogens (tertiary/aromatic N) is 3. The van der Waals surface area contributed by atoms with Gasteiger partial charge in [0.1, 0.15) is 12.1 Å². The summed E-state index contributed by atoms with van der Waals surface area (Å²) < 4.78 is 44.5. The zero-order chi connectivity index (χ0) is 20.3. The molecular formula is C18H22F3N3O4. The van der Waals surface area contributed by atoms with E-state index in [1.54, 1.807) is 4.90 Å². The molecule has 3 rings (SSSR count). The molecule has 2 amide bonds. The fourth-order valence-electron chi connectivity index (χ4n) is 3.54. The van der Waals surface area contributed by atoms with Crippen LogP contribution in [0.15, 0.2) is 23.1 Å². The van der Waals surface area contributed by atoms with Crippen LogP contribution >= 0.6 is 0 Å². The van der Waals surface area contributed by atoms with Crippen LogP contribution in [0.1, 0.15) is 18.4 Å². The summed E-state index contributed by atoms with van der Waals surface area (Å²) in [6.07, 6.45) is -2.59. The normalized spacial score (nSPS) is 19.0. The molecule has 1 aromatic rings. The lowest BCUT2D eigenvalue weighted by Crippen LogP contribution is -2.48. The number of piperidine rings is 1. The lowest BCUT2D eigenvalue weighted by molar-refractivity contribution is -0.144. The lowest BCUT2D eigenvalue weighted by Gasteiger charge is -2.35. The van der Waals surface area contributed by atoms with Gasteiger partial charge in [0.15, 0.2) is 0 Å². The van der Waals surface area contributed by atoms with E-state index in [2.05, 4.69) is 0 Å². The number of morpholine rings is 1. The number of hydrogen-bond acceptors (Lipinski definition) is 4. The minimum absolute atomic E-state index is 0.0597. The number of pyridine rings is 1. The predicted octanol–water partition coefficient (Wildman–Crippen LogP) is 0.965. The standard InChI is InChI=1S/C18H22F3N3O4/c19-18(20,21)14-2-1-5-24(17(14)27)12-15(25)22-6-3-13(4-7-22)16(26)23-8-10-28-11-9-23/h1-2,5,13H,3-4,6-12H2. The second kappa shape index (κ2) is 8.34. The van der Waals surface area contributed by atoms with Crippen molar-refractivity contribution in [1.82, 2.24) is 14.4 Å². The Kier molecular flexibility index (Phi) is 6.07. The maximum Gasteiger partial charge on any atom is 0.421 e. The summed E-state index contributed by atoms with van der Waals surface area (Å²) in [6, 6.07) is 1.80. The zero-order valence-electron chi connectivity index (χ0n) is 15.3. The highest BCUT2D eigenvalue weighted by atomic mass is 19.4. The molecule has 3 heterocycles. The number of amides is 2. The smallest absolute Gasteiger partial charge is 0.378 e. The summed E-state index contributed by atoms with van der Waals surface area (Å²) in [4.78, 5) is 40.2. The van der Waals surface area contributed by atoms with E-state index in [1.807, 2.05) is 0 Å². The van der Waals surface area contributed by atoms with Gasteiger partial charge in [-0.25, -0.2) is 0 Å². The van der Waals surface area contributed by atoms with Crippen molar-refractivity contribution < 1.29 is 27.5 Å². The van der Waals surface area contributed by atoms with Crippen molar-refractivity contribution in [1.29, 1.82) is 0 Å². The molecule has 0 radical (unpaired) electrons. The average molecular weight is 401 g/mol. The molecule has 0 aliphatic carbocycles. The number of carbonyl (C=O) groups excluding carboxylic acids is 2. The highest BCUT2D eigenvalue weighted by Crippen LogP contribution is 2.26. The van der Waals surface area contributed by atoms with Crippen LogP contribution in [0.5, 0.6) is 0 Å². The molecule has 2 aliphatic rings. The van der Waals surface area contributed by atoms with Crippen LogP contribution in [0.25, 0.3) is 0 Å². The SMILES string of the molecule is O=C(Cn1cccc(C(F)(F)F)c1=O)N1CCC(C(=O)N2CCOCC2)CC1. The fourth-order valence-corrected chi connectivity index (χ4v) is 3.54. The molecule has 0 bridgehead atoms. The van der Waals surface area contributed by atoms with Gasteiger partial charge in [-0.2, -0.15) is 13.2 Å². The fraction of sp³-hybridized carbons (Fsp3) is 0.611. The van der Waals surface area contributed by atoms with E-state index in [9.17, 15) is 27.6 Å². The number of halogens is 3. The Morgan fingerprint density at radius 1 is 1.07 bits per heavy atom. The van der Waals surface area contributed by atoms with Gasteiger partial charge in [-0.1, -0.05) is 0 Å². The first-order valence-corrected chi connectivity index (χ1v) is 9.18. The molecule has 10 heteroatoms. The van der Waals surface area contributed by atoms with Crippen molar-refractivity contribution in [2.24, 2.45) is 5.92 Å². The molecule has 7 nitrogen and oxygen atoms in total. The second-order valence-corrected chi connectivity index (χ2v) is 6.95. The minimum atomic E-state index is -4.76. The van der Waals surface area contributed by atoms with Crippen molar-refractivity contribution in [2.45, 2.75) is 25.6 Å².